The largest absolute Gasteiger partial charge is 0.444 e. The molecule has 3 fully saturated rings. The van der Waals surface area contributed by atoms with Crippen LogP contribution in [0.25, 0.3) is 0 Å². The zero-order valence-electron chi connectivity index (χ0n) is 12.6. The number of hydrogen-bond donors (Lipinski definition) is 2. The van der Waals surface area contributed by atoms with E-state index in [2.05, 4.69) is 5.32 Å². The fourth-order valence-corrected chi connectivity index (χ4v) is 3.55. The number of carbonyl (C=O) groups excluding carboxylic acids is 1. The Morgan fingerprint density at radius 3 is 2.60 bits per heavy atom. The third kappa shape index (κ3) is 2.01. The van der Waals surface area contributed by atoms with Gasteiger partial charge in [-0.25, -0.2) is 4.79 Å². The number of fused-ring (bicyclic) bond motifs is 5. The van der Waals surface area contributed by atoms with Crippen molar-refractivity contribution in [3.8, 4) is 0 Å². The van der Waals surface area contributed by atoms with Crippen molar-refractivity contribution in [2.24, 2.45) is 0 Å². The van der Waals surface area contributed by atoms with Crippen LogP contribution in [0.15, 0.2) is 0 Å². The van der Waals surface area contributed by atoms with Gasteiger partial charge in [-0.2, -0.15) is 0 Å². The SMILES string of the molecule is CC(C)(C)OC(=O)N[C@@H]1C[C@@]2(C)O[C@@](C)([C@@H]1O)[C@@H]1O[C@@H]12. The number of carbonyl (C=O) groups is 1. The molecule has 114 valence electrons. The number of amides is 1. The fraction of sp³-hybridized carbons (Fsp3) is 0.929. The van der Waals surface area contributed by atoms with Crippen LogP contribution in [0.4, 0.5) is 4.79 Å². The molecule has 3 aliphatic rings. The van der Waals surface area contributed by atoms with Crippen LogP contribution in [-0.4, -0.2) is 52.4 Å². The first-order chi connectivity index (χ1) is 9.05. The minimum atomic E-state index is -0.805. The molecule has 1 amide bonds. The van der Waals surface area contributed by atoms with Gasteiger partial charge in [0.1, 0.15) is 29.5 Å². The van der Waals surface area contributed by atoms with Gasteiger partial charge in [0.25, 0.3) is 0 Å². The van der Waals surface area contributed by atoms with Crippen molar-refractivity contribution in [2.45, 2.75) is 82.2 Å². The van der Waals surface area contributed by atoms with Crippen molar-refractivity contribution in [1.29, 1.82) is 0 Å². The summed E-state index contributed by atoms with van der Waals surface area (Å²) in [5.41, 5.74) is -1.76. The van der Waals surface area contributed by atoms with E-state index in [4.69, 9.17) is 14.2 Å². The highest BCUT2D eigenvalue weighted by Crippen LogP contribution is 2.58. The van der Waals surface area contributed by atoms with E-state index in [1.807, 2.05) is 34.6 Å². The number of alkyl carbamates (subject to hydrolysis) is 1. The lowest BCUT2D eigenvalue weighted by atomic mass is 9.86. The summed E-state index contributed by atoms with van der Waals surface area (Å²) in [4.78, 5) is 11.9. The Morgan fingerprint density at radius 1 is 1.35 bits per heavy atom. The minimum Gasteiger partial charge on any atom is -0.444 e. The topological polar surface area (TPSA) is 80.3 Å². The second kappa shape index (κ2) is 3.87. The monoisotopic (exact) mass is 285 g/mol. The molecule has 0 saturated carbocycles. The van der Waals surface area contributed by atoms with E-state index in [1.54, 1.807) is 0 Å². The second-order valence-electron chi connectivity index (χ2n) is 7.48. The highest BCUT2D eigenvalue weighted by molar-refractivity contribution is 5.68. The molecule has 6 heteroatoms. The van der Waals surface area contributed by atoms with Crippen LogP contribution >= 0.6 is 0 Å². The molecular weight excluding hydrogens is 262 g/mol. The quantitative estimate of drug-likeness (QED) is 0.701. The Morgan fingerprint density at radius 2 is 2.00 bits per heavy atom. The molecule has 0 aliphatic carbocycles. The lowest BCUT2D eigenvalue weighted by Gasteiger charge is -2.46. The maximum atomic E-state index is 11.9. The van der Waals surface area contributed by atoms with E-state index in [-0.39, 0.29) is 18.2 Å². The normalized spacial score (nSPS) is 49.5. The second-order valence-corrected chi connectivity index (χ2v) is 7.48. The number of hydrogen-bond acceptors (Lipinski definition) is 5. The lowest BCUT2D eigenvalue weighted by Crippen LogP contribution is -2.63. The zero-order chi connectivity index (χ0) is 14.9. The van der Waals surface area contributed by atoms with Crippen LogP contribution in [0.5, 0.6) is 0 Å². The maximum Gasteiger partial charge on any atom is 0.407 e. The zero-order valence-corrected chi connectivity index (χ0v) is 12.6. The molecule has 0 aromatic rings. The Balaban J connectivity index is 1.71. The molecule has 0 aromatic heterocycles. The Bertz CT molecular complexity index is 447. The number of epoxide rings is 1. The summed E-state index contributed by atoms with van der Waals surface area (Å²) in [5.74, 6) is 0. The fourth-order valence-electron chi connectivity index (χ4n) is 3.55. The Hall–Kier alpha value is -0.850. The number of aliphatic hydroxyl groups excluding tert-OH is 1. The van der Waals surface area contributed by atoms with Crippen LogP contribution in [0.1, 0.15) is 41.0 Å². The van der Waals surface area contributed by atoms with Crippen LogP contribution in [0.3, 0.4) is 0 Å². The molecule has 2 N–H and O–H groups in total. The van der Waals surface area contributed by atoms with Gasteiger partial charge in [0, 0.05) is 6.42 Å². The molecule has 3 aliphatic heterocycles. The predicted molar refractivity (Wildman–Crippen MR) is 70.3 cm³/mol. The summed E-state index contributed by atoms with van der Waals surface area (Å²) in [6, 6.07) is -0.384. The molecular formula is C14H23NO5. The van der Waals surface area contributed by atoms with E-state index in [0.717, 1.165) is 0 Å². The van der Waals surface area contributed by atoms with Crippen molar-refractivity contribution >= 4 is 6.09 Å². The highest BCUT2D eigenvalue weighted by Gasteiger charge is 2.75. The summed E-state index contributed by atoms with van der Waals surface area (Å²) < 4.78 is 16.8. The highest BCUT2D eigenvalue weighted by atomic mass is 16.7. The van der Waals surface area contributed by atoms with E-state index in [1.165, 1.54) is 0 Å². The van der Waals surface area contributed by atoms with E-state index >= 15 is 0 Å². The van der Waals surface area contributed by atoms with Crippen LogP contribution in [-0.2, 0) is 14.2 Å². The van der Waals surface area contributed by atoms with Gasteiger partial charge in [-0.15, -0.1) is 0 Å². The average Bonchev–Trinajstić information content (AvgIpc) is 3.00. The maximum absolute atomic E-state index is 11.9. The number of aliphatic hydroxyl groups is 1. The van der Waals surface area contributed by atoms with Gasteiger partial charge in [-0.05, 0) is 34.6 Å². The number of rotatable bonds is 1. The van der Waals surface area contributed by atoms with Crippen LogP contribution in [0, 0.1) is 0 Å². The van der Waals surface area contributed by atoms with Crippen LogP contribution < -0.4 is 5.32 Å². The number of ether oxygens (including phenoxy) is 3. The van der Waals surface area contributed by atoms with Gasteiger partial charge in [0.2, 0.25) is 0 Å². The van der Waals surface area contributed by atoms with Crippen molar-refractivity contribution in [2.75, 3.05) is 0 Å². The smallest absolute Gasteiger partial charge is 0.407 e. The van der Waals surface area contributed by atoms with Gasteiger partial charge in [0.15, 0.2) is 0 Å². The Kier molecular flexibility index (Phi) is 2.73. The van der Waals surface area contributed by atoms with Crippen molar-refractivity contribution in [3.05, 3.63) is 0 Å². The third-order valence-electron chi connectivity index (χ3n) is 4.41. The molecule has 6 nitrogen and oxygen atoms in total. The average molecular weight is 285 g/mol. The summed E-state index contributed by atoms with van der Waals surface area (Å²) in [5, 5.41) is 13.3. The molecule has 0 radical (unpaired) electrons. The molecule has 3 saturated heterocycles. The first-order valence-electron chi connectivity index (χ1n) is 7.08. The van der Waals surface area contributed by atoms with Crippen molar-refractivity contribution < 1.29 is 24.1 Å². The van der Waals surface area contributed by atoms with Gasteiger partial charge in [0.05, 0.1) is 11.6 Å². The summed E-state index contributed by atoms with van der Waals surface area (Å²) in [7, 11) is 0. The molecule has 2 bridgehead atoms. The third-order valence-corrected chi connectivity index (χ3v) is 4.41. The summed E-state index contributed by atoms with van der Waals surface area (Å²) in [6.07, 6.45) is -0.852. The minimum absolute atomic E-state index is 0.0209. The first-order valence-corrected chi connectivity index (χ1v) is 7.08. The lowest BCUT2D eigenvalue weighted by molar-refractivity contribution is -0.230. The van der Waals surface area contributed by atoms with Crippen molar-refractivity contribution in [1.82, 2.24) is 5.32 Å². The molecule has 0 unspecified atom stereocenters. The standard InChI is InChI=1S/C14H23NO5/c1-12(2,3)19-11(17)15-7-6-13(4)9-10(18-9)14(5,20-13)8(7)16/h7-10,16H,6H2,1-5H3,(H,15,17)/t7-,8-,9+,10-,13-,14+/m1/s1. The van der Waals surface area contributed by atoms with E-state index in [9.17, 15) is 9.90 Å². The first kappa shape index (κ1) is 14.1. The van der Waals surface area contributed by atoms with Gasteiger partial charge >= 0.3 is 6.09 Å². The van der Waals surface area contributed by atoms with Crippen molar-refractivity contribution in [3.63, 3.8) is 0 Å². The number of nitrogens with one attached hydrogen (secondary N) is 1. The molecule has 3 heterocycles. The summed E-state index contributed by atoms with van der Waals surface area (Å²) in [6.45, 7) is 9.24. The van der Waals surface area contributed by atoms with Gasteiger partial charge in [-0.1, -0.05) is 0 Å². The molecule has 6 atom stereocenters. The predicted octanol–water partition coefficient (Wildman–Crippen LogP) is 0.959. The Labute approximate surface area is 118 Å². The van der Waals surface area contributed by atoms with E-state index < -0.39 is 29.0 Å². The molecule has 20 heavy (non-hydrogen) atoms. The molecule has 0 aromatic carbocycles. The molecule has 3 rings (SSSR count). The summed E-state index contributed by atoms with van der Waals surface area (Å²) >= 11 is 0. The van der Waals surface area contributed by atoms with E-state index in [0.29, 0.717) is 6.42 Å². The van der Waals surface area contributed by atoms with Gasteiger partial charge in [-0.3, -0.25) is 0 Å². The van der Waals surface area contributed by atoms with Crippen LogP contribution in [0.2, 0.25) is 0 Å². The molecule has 0 spiro atoms. The van der Waals surface area contributed by atoms with Gasteiger partial charge < -0.3 is 24.6 Å².